The molecule has 58 valence electrons. The molecule has 1 aromatic rings. The van der Waals surface area contributed by atoms with Gasteiger partial charge in [0.1, 0.15) is 0 Å². The first-order valence-corrected chi connectivity index (χ1v) is 4.78. The van der Waals surface area contributed by atoms with E-state index in [0.29, 0.717) is 0 Å². The standard InChI is InChI=1S/C8H9IN2/c9-7-3-6-4-10-2-1-8(6)11-5-7/h3,5,10H,1-2,4H2. The molecule has 0 saturated carbocycles. The van der Waals surface area contributed by atoms with Gasteiger partial charge >= 0.3 is 0 Å². The van der Waals surface area contributed by atoms with Gasteiger partial charge in [-0.3, -0.25) is 4.98 Å². The van der Waals surface area contributed by atoms with Crippen LogP contribution in [-0.4, -0.2) is 11.5 Å². The second kappa shape index (κ2) is 3.06. The van der Waals surface area contributed by atoms with Gasteiger partial charge in [0.05, 0.1) is 0 Å². The molecule has 2 rings (SSSR count). The Bertz CT molecular complexity index is 273. The summed E-state index contributed by atoms with van der Waals surface area (Å²) in [5, 5.41) is 3.32. The Hall–Kier alpha value is -0.160. The summed E-state index contributed by atoms with van der Waals surface area (Å²) in [6, 6.07) is 2.20. The van der Waals surface area contributed by atoms with E-state index in [1.807, 2.05) is 6.20 Å². The summed E-state index contributed by atoms with van der Waals surface area (Å²) in [7, 11) is 0. The van der Waals surface area contributed by atoms with Gasteiger partial charge in [-0.25, -0.2) is 0 Å². The summed E-state index contributed by atoms with van der Waals surface area (Å²) in [5.74, 6) is 0. The molecule has 0 spiro atoms. The lowest BCUT2D eigenvalue weighted by Crippen LogP contribution is -2.24. The van der Waals surface area contributed by atoms with Crippen LogP contribution in [0.2, 0.25) is 0 Å². The maximum atomic E-state index is 4.37. The number of nitrogens with zero attached hydrogens (tertiary/aromatic N) is 1. The molecule has 0 aliphatic carbocycles. The fourth-order valence-corrected chi connectivity index (χ4v) is 1.83. The van der Waals surface area contributed by atoms with E-state index in [4.69, 9.17) is 0 Å². The molecule has 2 nitrogen and oxygen atoms in total. The Morgan fingerprint density at radius 1 is 1.55 bits per heavy atom. The minimum absolute atomic E-state index is 0.985. The first kappa shape index (κ1) is 7.49. The second-order valence-electron chi connectivity index (χ2n) is 2.69. The van der Waals surface area contributed by atoms with Crippen LogP contribution >= 0.6 is 22.6 Å². The van der Waals surface area contributed by atoms with Gasteiger partial charge in [-0.2, -0.15) is 0 Å². The van der Waals surface area contributed by atoms with Crippen molar-refractivity contribution < 1.29 is 0 Å². The van der Waals surface area contributed by atoms with Gasteiger partial charge in [0.2, 0.25) is 0 Å². The Kier molecular flexibility index (Phi) is 2.09. The molecule has 0 amide bonds. The highest BCUT2D eigenvalue weighted by Gasteiger charge is 2.08. The van der Waals surface area contributed by atoms with Crippen LogP contribution in [0.25, 0.3) is 0 Å². The Labute approximate surface area is 79.6 Å². The summed E-state index contributed by atoms with van der Waals surface area (Å²) >= 11 is 2.30. The second-order valence-corrected chi connectivity index (χ2v) is 3.93. The number of pyridine rings is 1. The van der Waals surface area contributed by atoms with Crippen molar-refractivity contribution in [2.24, 2.45) is 0 Å². The number of nitrogens with one attached hydrogen (secondary N) is 1. The van der Waals surface area contributed by atoms with E-state index >= 15 is 0 Å². The van der Waals surface area contributed by atoms with Crippen LogP contribution in [0, 0.1) is 3.57 Å². The number of halogens is 1. The van der Waals surface area contributed by atoms with Gasteiger partial charge in [0.25, 0.3) is 0 Å². The summed E-state index contributed by atoms with van der Waals surface area (Å²) in [5.41, 5.74) is 2.63. The zero-order valence-electron chi connectivity index (χ0n) is 6.10. The van der Waals surface area contributed by atoms with E-state index in [9.17, 15) is 0 Å². The van der Waals surface area contributed by atoms with Gasteiger partial charge in [-0.15, -0.1) is 0 Å². The van der Waals surface area contributed by atoms with Crippen LogP contribution in [0.4, 0.5) is 0 Å². The summed E-state index contributed by atoms with van der Waals surface area (Å²) in [6.07, 6.45) is 3.01. The quantitative estimate of drug-likeness (QED) is 0.712. The lowest BCUT2D eigenvalue weighted by atomic mass is 10.1. The topological polar surface area (TPSA) is 24.9 Å². The first-order chi connectivity index (χ1) is 5.36. The van der Waals surface area contributed by atoms with Crippen LogP contribution in [0.1, 0.15) is 11.3 Å². The molecular formula is C8H9IN2. The highest BCUT2D eigenvalue weighted by molar-refractivity contribution is 14.1. The van der Waals surface area contributed by atoms with Gasteiger partial charge in [0.15, 0.2) is 0 Å². The van der Waals surface area contributed by atoms with Crippen LogP contribution in [0.5, 0.6) is 0 Å². The van der Waals surface area contributed by atoms with Crippen molar-refractivity contribution in [3.05, 3.63) is 27.1 Å². The van der Waals surface area contributed by atoms with E-state index in [1.54, 1.807) is 0 Å². The van der Waals surface area contributed by atoms with Crippen LogP contribution in [0.3, 0.4) is 0 Å². The minimum atomic E-state index is 0.985. The van der Waals surface area contributed by atoms with E-state index < -0.39 is 0 Å². The maximum Gasteiger partial charge on any atom is 0.0461 e. The van der Waals surface area contributed by atoms with Gasteiger partial charge < -0.3 is 5.32 Å². The van der Waals surface area contributed by atoms with Crippen molar-refractivity contribution >= 4 is 22.6 Å². The van der Waals surface area contributed by atoms with E-state index in [0.717, 1.165) is 19.5 Å². The Morgan fingerprint density at radius 2 is 2.45 bits per heavy atom. The van der Waals surface area contributed by atoms with E-state index in [1.165, 1.54) is 14.8 Å². The minimum Gasteiger partial charge on any atom is -0.312 e. The average molecular weight is 260 g/mol. The predicted molar refractivity (Wildman–Crippen MR) is 52.4 cm³/mol. The van der Waals surface area contributed by atoms with Crippen molar-refractivity contribution in [1.29, 1.82) is 0 Å². The van der Waals surface area contributed by atoms with Crippen molar-refractivity contribution in [2.45, 2.75) is 13.0 Å². The number of rotatable bonds is 0. The molecule has 1 aliphatic rings. The lowest BCUT2D eigenvalue weighted by Gasteiger charge is -2.15. The molecule has 0 unspecified atom stereocenters. The van der Waals surface area contributed by atoms with Gasteiger partial charge in [-0.1, -0.05) is 0 Å². The molecular weight excluding hydrogens is 251 g/mol. The molecule has 1 aromatic heterocycles. The van der Waals surface area contributed by atoms with Gasteiger partial charge in [-0.05, 0) is 34.2 Å². The molecule has 0 aromatic carbocycles. The van der Waals surface area contributed by atoms with Gasteiger partial charge in [0, 0.05) is 35.0 Å². The Morgan fingerprint density at radius 3 is 3.36 bits per heavy atom. The third-order valence-electron chi connectivity index (χ3n) is 1.88. The molecule has 0 radical (unpaired) electrons. The number of fused-ring (bicyclic) bond motifs is 1. The van der Waals surface area contributed by atoms with E-state index in [-0.39, 0.29) is 0 Å². The fraction of sp³-hybridized carbons (Fsp3) is 0.375. The average Bonchev–Trinajstić information content (AvgIpc) is 2.04. The third-order valence-corrected chi connectivity index (χ3v) is 2.47. The molecule has 0 fully saturated rings. The number of hydrogen-bond donors (Lipinski definition) is 1. The lowest BCUT2D eigenvalue weighted by molar-refractivity contribution is 0.629. The zero-order valence-corrected chi connectivity index (χ0v) is 8.26. The molecule has 1 N–H and O–H groups in total. The number of hydrogen-bond acceptors (Lipinski definition) is 2. The molecule has 2 heterocycles. The zero-order chi connectivity index (χ0) is 7.68. The van der Waals surface area contributed by atoms with Crippen molar-refractivity contribution in [3.8, 4) is 0 Å². The fourth-order valence-electron chi connectivity index (χ4n) is 1.32. The van der Waals surface area contributed by atoms with Crippen molar-refractivity contribution in [2.75, 3.05) is 6.54 Å². The highest BCUT2D eigenvalue weighted by atomic mass is 127. The normalized spacial score (nSPS) is 16.1. The van der Waals surface area contributed by atoms with Crippen molar-refractivity contribution in [1.82, 2.24) is 10.3 Å². The third kappa shape index (κ3) is 1.54. The van der Waals surface area contributed by atoms with E-state index in [2.05, 4.69) is 39.0 Å². The van der Waals surface area contributed by atoms with Crippen LogP contribution in [0.15, 0.2) is 12.3 Å². The molecule has 0 saturated heterocycles. The Balaban J connectivity index is 2.43. The maximum absolute atomic E-state index is 4.37. The molecule has 0 atom stereocenters. The highest BCUT2D eigenvalue weighted by Crippen LogP contribution is 2.13. The van der Waals surface area contributed by atoms with Crippen LogP contribution in [-0.2, 0) is 13.0 Å². The van der Waals surface area contributed by atoms with Crippen LogP contribution < -0.4 is 5.32 Å². The monoisotopic (exact) mass is 260 g/mol. The summed E-state index contributed by atoms with van der Waals surface area (Å²) < 4.78 is 1.23. The SMILES string of the molecule is Ic1cnc2c(c1)CNCC2. The molecule has 0 bridgehead atoms. The summed E-state index contributed by atoms with van der Waals surface area (Å²) in [6.45, 7) is 2.06. The molecule has 3 heteroatoms. The summed E-state index contributed by atoms with van der Waals surface area (Å²) in [4.78, 5) is 4.37. The molecule has 11 heavy (non-hydrogen) atoms. The first-order valence-electron chi connectivity index (χ1n) is 3.70. The predicted octanol–water partition coefficient (Wildman–Crippen LogP) is 1.33. The van der Waals surface area contributed by atoms with Crippen molar-refractivity contribution in [3.63, 3.8) is 0 Å². The molecule has 1 aliphatic heterocycles. The smallest absolute Gasteiger partial charge is 0.0461 e. The number of aromatic nitrogens is 1. The largest absolute Gasteiger partial charge is 0.312 e.